The average molecular weight is 208 g/mol. The maximum atomic E-state index is 8.79. The van der Waals surface area contributed by atoms with Crippen molar-refractivity contribution in [3.63, 3.8) is 0 Å². The highest BCUT2D eigenvalue weighted by Gasteiger charge is 2.22. The second-order valence-corrected chi connectivity index (χ2v) is 3.79. The third kappa shape index (κ3) is 2.78. The van der Waals surface area contributed by atoms with Crippen LogP contribution >= 0.6 is 0 Å². The van der Waals surface area contributed by atoms with Crippen molar-refractivity contribution in [3.8, 4) is 0 Å². The molecule has 1 aliphatic rings. The molecule has 0 unspecified atom stereocenters. The van der Waals surface area contributed by atoms with E-state index in [9.17, 15) is 0 Å². The van der Waals surface area contributed by atoms with Gasteiger partial charge in [-0.15, -0.1) is 0 Å². The minimum Gasteiger partial charge on any atom is -0.396 e. The normalized spacial score (nSPS) is 26.5. The van der Waals surface area contributed by atoms with Crippen LogP contribution in [0, 0.1) is 5.92 Å². The van der Waals surface area contributed by atoms with Gasteiger partial charge < -0.3 is 14.6 Å². The Labute approximate surface area is 89.6 Å². The number of benzene rings is 1. The van der Waals surface area contributed by atoms with Gasteiger partial charge in [-0.05, 0) is 6.42 Å². The first kappa shape index (κ1) is 10.6. The van der Waals surface area contributed by atoms with Gasteiger partial charge in [-0.25, -0.2) is 0 Å². The highest BCUT2D eigenvalue weighted by atomic mass is 16.7. The van der Waals surface area contributed by atoms with Crippen LogP contribution in [0.5, 0.6) is 0 Å². The van der Waals surface area contributed by atoms with E-state index in [0.29, 0.717) is 19.1 Å². The summed E-state index contributed by atoms with van der Waals surface area (Å²) in [7, 11) is 0. The van der Waals surface area contributed by atoms with Gasteiger partial charge in [0.2, 0.25) is 0 Å². The van der Waals surface area contributed by atoms with E-state index >= 15 is 0 Å². The Morgan fingerprint density at radius 1 is 1.13 bits per heavy atom. The van der Waals surface area contributed by atoms with Crippen LogP contribution < -0.4 is 0 Å². The van der Waals surface area contributed by atoms with Gasteiger partial charge in [0.1, 0.15) is 0 Å². The summed E-state index contributed by atoms with van der Waals surface area (Å²) in [5, 5.41) is 8.79. The molecule has 3 nitrogen and oxygen atoms in total. The highest BCUT2D eigenvalue weighted by molar-refractivity contribution is 5.16. The van der Waals surface area contributed by atoms with E-state index in [-0.39, 0.29) is 12.9 Å². The van der Waals surface area contributed by atoms with Gasteiger partial charge >= 0.3 is 0 Å². The summed E-state index contributed by atoms with van der Waals surface area (Å²) in [4.78, 5) is 0. The Morgan fingerprint density at radius 2 is 1.80 bits per heavy atom. The molecule has 15 heavy (non-hydrogen) atoms. The molecule has 1 aromatic rings. The molecule has 0 bridgehead atoms. The number of hydrogen-bond donors (Lipinski definition) is 1. The van der Waals surface area contributed by atoms with Crippen molar-refractivity contribution in [2.45, 2.75) is 12.7 Å². The van der Waals surface area contributed by atoms with E-state index < -0.39 is 0 Å². The van der Waals surface area contributed by atoms with Gasteiger partial charge in [-0.2, -0.15) is 0 Å². The van der Waals surface area contributed by atoms with Gasteiger partial charge in [0, 0.05) is 18.1 Å². The Bertz CT molecular complexity index is 278. The zero-order valence-electron chi connectivity index (χ0n) is 8.63. The molecular weight excluding hydrogens is 192 g/mol. The first-order chi connectivity index (χ1) is 7.40. The van der Waals surface area contributed by atoms with E-state index in [1.54, 1.807) is 0 Å². The lowest BCUT2D eigenvalue weighted by Crippen LogP contribution is -2.27. The summed E-state index contributed by atoms with van der Waals surface area (Å²) in [5.74, 6) is 0.329. The summed E-state index contributed by atoms with van der Waals surface area (Å²) in [5.41, 5.74) is 1.06. The summed E-state index contributed by atoms with van der Waals surface area (Å²) in [6.07, 6.45) is 0.516. The Kier molecular flexibility index (Phi) is 3.72. The zero-order valence-corrected chi connectivity index (χ0v) is 8.63. The number of aliphatic hydroxyl groups is 1. The SMILES string of the molecule is OCCC1COC(c2ccccc2)OC1. The fourth-order valence-corrected chi connectivity index (χ4v) is 1.70. The van der Waals surface area contributed by atoms with Gasteiger partial charge in [-0.3, -0.25) is 0 Å². The van der Waals surface area contributed by atoms with Crippen LogP contribution in [-0.2, 0) is 9.47 Å². The van der Waals surface area contributed by atoms with E-state index in [4.69, 9.17) is 14.6 Å². The Morgan fingerprint density at radius 3 is 2.40 bits per heavy atom. The van der Waals surface area contributed by atoms with Crippen LogP contribution in [0.2, 0.25) is 0 Å². The molecule has 1 aliphatic heterocycles. The van der Waals surface area contributed by atoms with Crippen molar-refractivity contribution >= 4 is 0 Å². The van der Waals surface area contributed by atoms with E-state index in [1.165, 1.54) is 0 Å². The van der Waals surface area contributed by atoms with Crippen LogP contribution in [-0.4, -0.2) is 24.9 Å². The van der Waals surface area contributed by atoms with Crippen LogP contribution in [0.1, 0.15) is 18.3 Å². The number of rotatable bonds is 3. The van der Waals surface area contributed by atoms with Crippen molar-refractivity contribution in [1.82, 2.24) is 0 Å². The van der Waals surface area contributed by atoms with E-state index in [0.717, 1.165) is 12.0 Å². The lowest BCUT2D eigenvalue weighted by atomic mass is 10.1. The molecule has 0 radical (unpaired) electrons. The van der Waals surface area contributed by atoms with Crippen LogP contribution in [0.4, 0.5) is 0 Å². The van der Waals surface area contributed by atoms with Crippen LogP contribution in [0.25, 0.3) is 0 Å². The fourth-order valence-electron chi connectivity index (χ4n) is 1.70. The van der Waals surface area contributed by atoms with E-state index in [2.05, 4.69) is 0 Å². The summed E-state index contributed by atoms with van der Waals surface area (Å²) >= 11 is 0. The molecule has 1 N–H and O–H groups in total. The van der Waals surface area contributed by atoms with Crippen LogP contribution in [0.15, 0.2) is 30.3 Å². The molecule has 0 saturated carbocycles. The first-order valence-corrected chi connectivity index (χ1v) is 5.29. The maximum Gasteiger partial charge on any atom is 0.183 e. The van der Waals surface area contributed by atoms with Gasteiger partial charge in [0.15, 0.2) is 6.29 Å². The number of ether oxygens (including phenoxy) is 2. The lowest BCUT2D eigenvalue weighted by Gasteiger charge is -2.29. The first-order valence-electron chi connectivity index (χ1n) is 5.29. The van der Waals surface area contributed by atoms with Gasteiger partial charge in [0.25, 0.3) is 0 Å². The maximum absolute atomic E-state index is 8.79. The second-order valence-electron chi connectivity index (χ2n) is 3.79. The molecule has 0 amide bonds. The topological polar surface area (TPSA) is 38.7 Å². The smallest absolute Gasteiger partial charge is 0.183 e. The zero-order chi connectivity index (χ0) is 10.5. The van der Waals surface area contributed by atoms with Crippen LogP contribution in [0.3, 0.4) is 0 Å². The molecule has 0 atom stereocenters. The molecule has 1 fully saturated rings. The van der Waals surface area contributed by atoms with Crippen molar-refractivity contribution < 1.29 is 14.6 Å². The second kappa shape index (κ2) is 5.26. The molecule has 2 rings (SSSR count). The highest BCUT2D eigenvalue weighted by Crippen LogP contribution is 2.25. The molecule has 1 saturated heterocycles. The van der Waals surface area contributed by atoms with Crippen molar-refractivity contribution in [3.05, 3.63) is 35.9 Å². The lowest BCUT2D eigenvalue weighted by molar-refractivity contribution is -0.206. The summed E-state index contributed by atoms with van der Waals surface area (Å²) in [6, 6.07) is 9.92. The van der Waals surface area contributed by atoms with Crippen molar-refractivity contribution in [1.29, 1.82) is 0 Å². The minimum absolute atomic E-state index is 0.202. The average Bonchev–Trinajstić information content (AvgIpc) is 2.32. The van der Waals surface area contributed by atoms with Gasteiger partial charge in [0.05, 0.1) is 13.2 Å². The molecule has 3 heteroatoms. The van der Waals surface area contributed by atoms with E-state index in [1.807, 2.05) is 30.3 Å². The molecule has 1 aromatic carbocycles. The molecular formula is C12H16O3. The summed E-state index contributed by atoms with van der Waals surface area (Å²) < 4.78 is 11.2. The number of hydrogen-bond acceptors (Lipinski definition) is 3. The Balaban J connectivity index is 1.88. The molecule has 0 aliphatic carbocycles. The Hall–Kier alpha value is -0.900. The molecule has 0 aromatic heterocycles. The fraction of sp³-hybridized carbons (Fsp3) is 0.500. The number of aliphatic hydroxyl groups excluding tert-OH is 1. The predicted molar refractivity (Wildman–Crippen MR) is 56.3 cm³/mol. The van der Waals surface area contributed by atoms with Crippen molar-refractivity contribution in [2.75, 3.05) is 19.8 Å². The summed E-state index contributed by atoms with van der Waals surface area (Å²) in [6.45, 7) is 1.54. The molecule has 1 heterocycles. The standard InChI is InChI=1S/C12H16O3/c13-7-6-10-8-14-12(15-9-10)11-4-2-1-3-5-11/h1-5,10,12-13H,6-9H2. The molecule has 82 valence electrons. The third-order valence-electron chi connectivity index (χ3n) is 2.58. The van der Waals surface area contributed by atoms with Crippen molar-refractivity contribution in [2.24, 2.45) is 5.92 Å². The van der Waals surface area contributed by atoms with Gasteiger partial charge in [-0.1, -0.05) is 30.3 Å². The monoisotopic (exact) mass is 208 g/mol. The third-order valence-corrected chi connectivity index (χ3v) is 2.58. The minimum atomic E-state index is -0.235. The quantitative estimate of drug-likeness (QED) is 0.822. The molecule has 0 spiro atoms. The largest absolute Gasteiger partial charge is 0.396 e. The predicted octanol–water partition coefficient (Wildman–Crippen LogP) is 1.73.